The first-order valence-electron chi connectivity index (χ1n) is 12.1. The van der Waals surface area contributed by atoms with Crippen LogP contribution in [0.3, 0.4) is 0 Å². The third-order valence-electron chi connectivity index (χ3n) is 6.26. The lowest BCUT2D eigenvalue weighted by atomic mass is 9.93. The van der Waals surface area contributed by atoms with Gasteiger partial charge in [0, 0.05) is 10.9 Å². The molecule has 1 fully saturated rings. The number of benzene rings is 1. The van der Waals surface area contributed by atoms with Crippen molar-refractivity contribution in [2.24, 2.45) is 4.99 Å². The van der Waals surface area contributed by atoms with E-state index in [4.69, 9.17) is 19.2 Å². The van der Waals surface area contributed by atoms with Crippen molar-refractivity contribution in [3.63, 3.8) is 0 Å². The summed E-state index contributed by atoms with van der Waals surface area (Å²) in [7, 11) is 1.12. The molecule has 0 saturated heterocycles. The van der Waals surface area contributed by atoms with Crippen molar-refractivity contribution < 1.29 is 33.4 Å². The van der Waals surface area contributed by atoms with Crippen LogP contribution in [0, 0.1) is 0 Å². The second-order valence-electron chi connectivity index (χ2n) is 8.41. The van der Waals surface area contributed by atoms with E-state index in [1.807, 2.05) is 24.3 Å². The minimum atomic E-state index is -1.25. The van der Waals surface area contributed by atoms with Gasteiger partial charge in [0.25, 0.3) is 0 Å². The molecule has 1 aromatic rings. The molecule has 1 aliphatic carbocycles. The van der Waals surface area contributed by atoms with Gasteiger partial charge in [-0.15, -0.1) is 0 Å². The van der Waals surface area contributed by atoms with Crippen molar-refractivity contribution in [3.8, 4) is 0 Å². The number of amidine groups is 1. The van der Waals surface area contributed by atoms with Gasteiger partial charge in [-0.25, -0.2) is 19.4 Å². The number of carbonyl (C=O) groups excluding carboxylic acids is 4. The maximum absolute atomic E-state index is 13.4. The minimum absolute atomic E-state index is 0.0431. The van der Waals surface area contributed by atoms with Gasteiger partial charge < -0.3 is 19.1 Å². The largest absolute Gasteiger partial charge is 0.464 e. The standard InChI is InChI=1S/C25H29N3O7S/c1-4-34-22(30)18-19(23(31)35-5-2)28-16-13-9-10-14-17(16)36-25(28)26-20(18)27(21(29)24(32)33-3)15-11-7-6-8-12-15/h9-10,13-15,19H,4-8,11-12H2,1-3H3. The molecule has 0 N–H and O–H groups in total. The number of thioether (sulfide) groups is 1. The Bertz CT molecular complexity index is 1130. The van der Waals surface area contributed by atoms with Crippen LogP contribution < -0.4 is 4.90 Å². The molecule has 0 spiro atoms. The van der Waals surface area contributed by atoms with Gasteiger partial charge in [0.2, 0.25) is 0 Å². The van der Waals surface area contributed by atoms with E-state index >= 15 is 0 Å². The van der Waals surface area contributed by atoms with Gasteiger partial charge >= 0.3 is 23.8 Å². The van der Waals surface area contributed by atoms with Crippen LogP contribution in [0.2, 0.25) is 0 Å². The number of aliphatic imine (C=N–C) groups is 1. The molecule has 0 bridgehead atoms. The lowest BCUT2D eigenvalue weighted by Gasteiger charge is -2.39. The summed E-state index contributed by atoms with van der Waals surface area (Å²) in [6.07, 6.45) is 3.94. The van der Waals surface area contributed by atoms with Crippen LogP contribution in [-0.2, 0) is 33.4 Å². The second kappa shape index (κ2) is 11.2. The molecule has 3 aliphatic rings. The lowest BCUT2D eigenvalue weighted by molar-refractivity contribution is -0.158. The molecule has 4 rings (SSSR count). The first-order valence-corrected chi connectivity index (χ1v) is 12.9. The highest BCUT2D eigenvalue weighted by atomic mass is 32.2. The number of nitrogens with zero attached hydrogens (tertiary/aromatic N) is 3. The topological polar surface area (TPSA) is 115 Å². The lowest BCUT2D eigenvalue weighted by Crippen LogP contribution is -2.53. The fourth-order valence-corrected chi connectivity index (χ4v) is 5.77. The summed E-state index contributed by atoms with van der Waals surface area (Å²) in [5.74, 6) is -3.57. The predicted molar refractivity (Wildman–Crippen MR) is 132 cm³/mol. The number of fused-ring (bicyclic) bond motifs is 3. The van der Waals surface area contributed by atoms with E-state index in [9.17, 15) is 19.2 Å². The fraction of sp³-hybridized carbons (Fsp3) is 0.480. The minimum Gasteiger partial charge on any atom is -0.464 e. The highest BCUT2D eigenvalue weighted by molar-refractivity contribution is 8.14. The number of rotatable bonds is 6. The molecule has 10 nitrogen and oxygen atoms in total. The summed E-state index contributed by atoms with van der Waals surface area (Å²) in [6.45, 7) is 3.45. The van der Waals surface area contributed by atoms with Crippen LogP contribution in [0.5, 0.6) is 0 Å². The molecule has 2 heterocycles. The summed E-state index contributed by atoms with van der Waals surface area (Å²) < 4.78 is 15.5. The molecule has 1 saturated carbocycles. The normalized spacial score (nSPS) is 19.1. The highest BCUT2D eigenvalue weighted by Gasteiger charge is 2.49. The van der Waals surface area contributed by atoms with Crippen LogP contribution in [0.25, 0.3) is 0 Å². The smallest absolute Gasteiger partial charge is 0.397 e. The van der Waals surface area contributed by atoms with Gasteiger partial charge in [-0.3, -0.25) is 9.69 Å². The predicted octanol–water partition coefficient (Wildman–Crippen LogP) is 3.01. The van der Waals surface area contributed by atoms with Crippen molar-refractivity contribution in [2.45, 2.75) is 62.9 Å². The van der Waals surface area contributed by atoms with E-state index in [2.05, 4.69) is 0 Å². The van der Waals surface area contributed by atoms with Crippen LogP contribution in [0.15, 0.2) is 45.5 Å². The molecule has 11 heteroatoms. The zero-order valence-electron chi connectivity index (χ0n) is 20.5. The van der Waals surface area contributed by atoms with Gasteiger partial charge in [0.05, 0.1) is 26.0 Å². The first kappa shape index (κ1) is 25.7. The summed E-state index contributed by atoms with van der Waals surface area (Å²) in [5.41, 5.74) is 0.544. The van der Waals surface area contributed by atoms with Crippen LogP contribution in [0.1, 0.15) is 46.0 Å². The van der Waals surface area contributed by atoms with E-state index in [-0.39, 0.29) is 24.6 Å². The van der Waals surface area contributed by atoms with E-state index in [1.165, 1.54) is 16.7 Å². The van der Waals surface area contributed by atoms with Crippen molar-refractivity contribution in [3.05, 3.63) is 35.7 Å². The molecule has 1 unspecified atom stereocenters. The molecule has 1 atom stereocenters. The average molecular weight is 516 g/mol. The molecule has 1 amide bonds. The number of hydrogen-bond acceptors (Lipinski definition) is 10. The monoisotopic (exact) mass is 515 g/mol. The Kier molecular flexibility index (Phi) is 7.97. The van der Waals surface area contributed by atoms with Crippen LogP contribution in [-0.4, -0.2) is 66.3 Å². The summed E-state index contributed by atoms with van der Waals surface area (Å²) in [5, 5.41) is 0.399. The summed E-state index contributed by atoms with van der Waals surface area (Å²) >= 11 is 1.31. The zero-order valence-corrected chi connectivity index (χ0v) is 21.3. The molecular formula is C25H29N3O7S. The van der Waals surface area contributed by atoms with Crippen LogP contribution in [0.4, 0.5) is 5.69 Å². The van der Waals surface area contributed by atoms with E-state index in [0.29, 0.717) is 23.7 Å². The SMILES string of the molecule is CCOC(=O)C1=C(N(C(=O)C(=O)OC)C2CCCCC2)N=C2Sc3ccccc3N2C1C(=O)OCC. The Labute approximate surface area is 213 Å². The van der Waals surface area contributed by atoms with Crippen molar-refractivity contribution >= 4 is 46.4 Å². The molecule has 1 aromatic carbocycles. The van der Waals surface area contributed by atoms with Crippen molar-refractivity contribution in [1.82, 2.24) is 4.90 Å². The number of carbonyl (C=O) groups is 4. The number of amides is 1. The van der Waals surface area contributed by atoms with Crippen molar-refractivity contribution in [2.75, 3.05) is 25.2 Å². The first-order chi connectivity index (χ1) is 17.4. The van der Waals surface area contributed by atoms with E-state index in [0.717, 1.165) is 31.3 Å². The third kappa shape index (κ3) is 4.71. The number of methoxy groups -OCH3 is 1. The number of hydrogen-bond donors (Lipinski definition) is 0. The van der Waals surface area contributed by atoms with Gasteiger partial charge in [-0.1, -0.05) is 31.4 Å². The Morgan fingerprint density at radius 3 is 2.42 bits per heavy atom. The third-order valence-corrected chi connectivity index (χ3v) is 7.29. The average Bonchev–Trinajstić information content (AvgIpc) is 3.26. The maximum Gasteiger partial charge on any atom is 0.397 e. The van der Waals surface area contributed by atoms with E-state index < -0.39 is 35.9 Å². The summed E-state index contributed by atoms with van der Waals surface area (Å²) in [6, 6.07) is 5.74. The van der Waals surface area contributed by atoms with Crippen LogP contribution >= 0.6 is 11.8 Å². The van der Waals surface area contributed by atoms with Gasteiger partial charge in [-0.2, -0.15) is 0 Å². The molecule has 192 valence electrons. The Morgan fingerprint density at radius 1 is 1.06 bits per heavy atom. The van der Waals surface area contributed by atoms with Crippen molar-refractivity contribution in [1.29, 1.82) is 0 Å². The highest BCUT2D eigenvalue weighted by Crippen LogP contribution is 2.46. The number of para-hydroxylation sites is 1. The molecule has 0 aromatic heterocycles. The Morgan fingerprint density at radius 2 is 1.75 bits per heavy atom. The molecular weight excluding hydrogens is 486 g/mol. The maximum atomic E-state index is 13.4. The second-order valence-corrected chi connectivity index (χ2v) is 9.41. The Balaban J connectivity index is 1.95. The number of esters is 3. The van der Waals surface area contributed by atoms with Gasteiger partial charge in [0.15, 0.2) is 17.0 Å². The van der Waals surface area contributed by atoms with Gasteiger partial charge in [-0.05, 0) is 50.6 Å². The molecule has 36 heavy (non-hydrogen) atoms. The Hall–Kier alpha value is -3.34. The fourth-order valence-electron chi connectivity index (χ4n) is 4.72. The molecule has 0 radical (unpaired) electrons. The van der Waals surface area contributed by atoms with E-state index in [1.54, 1.807) is 18.7 Å². The zero-order chi connectivity index (χ0) is 25.8. The number of anilines is 1. The summed E-state index contributed by atoms with van der Waals surface area (Å²) in [4.78, 5) is 61.1. The molecule has 2 aliphatic heterocycles. The quantitative estimate of drug-likeness (QED) is 0.320. The van der Waals surface area contributed by atoms with Gasteiger partial charge in [0.1, 0.15) is 5.57 Å². The number of ether oxygens (including phenoxy) is 3.